The summed E-state index contributed by atoms with van der Waals surface area (Å²) >= 11 is 0. The molecule has 0 heterocycles. The summed E-state index contributed by atoms with van der Waals surface area (Å²) in [7, 11) is 0. The Labute approximate surface area is 219 Å². The average molecular weight is 540 g/mol. The van der Waals surface area contributed by atoms with Crippen LogP contribution >= 0.6 is 0 Å². The molecule has 0 bridgehead atoms. The topological polar surface area (TPSA) is 224 Å². The summed E-state index contributed by atoms with van der Waals surface area (Å²) in [5, 5.41) is 59.3. The van der Waals surface area contributed by atoms with Crippen LogP contribution in [-0.4, -0.2) is 66.5 Å². The number of carboxylic acid groups (broad SMARTS) is 6. The van der Waals surface area contributed by atoms with E-state index in [2.05, 4.69) is 0 Å². The Hall–Kier alpha value is -6.04. The van der Waals surface area contributed by atoms with E-state index >= 15 is 0 Å². The molecule has 6 aromatic carbocycles. The molecule has 0 aliphatic rings. The molecule has 6 N–H and O–H groups in total. The van der Waals surface area contributed by atoms with Crippen molar-refractivity contribution in [3.8, 4) is 0 Å². The first-order valence-corrected chi connectivity index (χ1v) is 11.3. The van der Waals surface area contributed by atoms with Gasteiger partial charge in [0.05, 0.1) is 33.4 Å². The van der Waals surface area contributed by atoms with Gasteiger partial charge in [0.1, 0.15) is 0 Å². The molecule has 0 fully saturated rings. The van der Waals surface area contributed by atoms with Gasteiger partial charge in [-0.05, 0) is 55.9 Å². The summed E-state index contributed by atoms with van der Waals surface area (Å²) in [5.74, 6) is -10.1. The van der Waals surface area contributed by atoms with Crippen molar-refractivity contribution in [1.82, 2.24) is 0 Å². The highest BCUT2D eigenvalue weighted by molar-refractivity contribution is 6.46. The molecule has 0 aliphatic heterocycles. The number of carbonyl (C=O) groups is 6. The van der Waals surface area contributed by atoms with E-state index in [1.165, 1.54) is 24.3 Å². The molecule has 0 amide bonds. The summed E-state index contributed by atoms with van der Waals surface area (Å²) < 4.78 is 0. The van der Waals surface area contributed by atoms with Crippen LogP contribution in [-0.2, 0) is 0 Å². The van der Waals surface area contributed by atoms with Crippen molar-refractivity contribution in [2.24, 2.45) is 0 Å². The third kappa shape index (κ3) is 2.83. The molecule has 0 unspecified atom stereocenters. The van der Waals surface area contributed by atoms with E-state index < -0.39 is 74.6 Å². The van der Waals surface area contributed by atoms with E-state index in [0.29, 0.717) is 0 Å². The fourth-order valence-electron chi connectivity index (χ4n) is 5.93. The Bertz CT molecular complexity index is 2220. The Balaban J connectivity index is 2.20. The van der Waals surface area contributed by atoms with Crippen molar-refractivity contribution in [1.29, 1.82) is 0 Å². The van der Waals surface area contributed by atoms with E-state index in [-0.39, 0.29) is 48.5 Å². The second-order valence-electron chi connectivity index (χ2n) is 9.10. The molecule has 12 nitrogen and oxygen atoms in total. The second kappa shape index (κ2) is 7.74. The minimum Gasteiger partial charge on any atom is -0.478 e. The first-order chi connectivity index (χ1) is 18.9. The van der Waals surface area contributed by atoms with Gasteiger partial charge in [0.15, 0.2) is 0 Å². The maximum Gasteiger partial charge on any atom is 0.337 e. The van der Waals surface area contributed by atoms with E-state index in [9.17, 15) is 59.4 Å². The van der Waals surface area contributed by atoms with E-state index in [4.69, 9.17) is 0 Å². The summed E-state index contributed by atoms with van der Waals surface area (Å²) in [5.41, 5.74) is -4.28. The van der Waals surface area contributed by atoms with Crippen LogP contribution in [0, 0.1) is 0 Å². The number of fused-ring (bicyclic) bond motifs is 1. The van der Waals surface area contributed by atoms with Crippen molar-refractivity contribution >= 4 is 89.7 Å². The molecule has 0 saturated carbocycles. The fraction of sp³-hybridized carbons (Fsp3) is 0. The highest BCUT2D eigenvalue weighted by Gasteiger charge is 2.34. The first kappa shape index (κ1) is 24.3. The molecule has 196 valence electrons. The zero-order valence-corrected chi connectivity index (χ0v) is 19.6. The lowest BCUT2D eigenvalue weighted by atomic mass is 9.78. The van der Waals surface area contributed by atoms with Gasteiger partial charge in [-0.25, -0.2) is 28.8 Å². The van der Waals surface area contributed by atoms with Crippen LogP contribution in [0.2, 0.25) is 0 Å². The minimum absolute atomic E-state index is 0.0308. The number of benzene rings is 6. The smallest absolute Gasteiger partial charge is 0.337 e. The third-order valence-electron chi connectivity index (χ3n) is 7.21. The summed E-state index contributed by atoms with van der Waals surface area (Å²) in [4.78, 5) is 74.5. The average Bonchev–Trinajstić information content (AvgIpc) is 2.88. The standard InChI is InChI=1S/C28H12O12/c29-23(30)11-4-7-2-1-3-8-14(7)22-15(11)12(24(31)32)5-10-18(22)17-9(19(26(35)36)20(10)27(37)38)6-13(25(33)34)21(16(8)17)28(39)40/h1-6H,(H,29,30)(H,31,32)(H,33,34)(H,35,36)(H,37,38)(H,39,40). The van der Waals surface area contributed by atoms with Crippen LogP contribution in [0.5, 0.6) is 0 Å². The van der Waals surface area contributed by atoms with E-state index in [1.54, 1.807) is 0 Å². The van der Waals surface area contributed by atoms with Gasteiger partial charge < -0.3 is 30.6 Å². The van der Waals surface area contributed by atoms with Gasteiger partial charge in [0, 0.05) is 16.2 Å². The number of carboxylic acids is 6. The van der Waals surface area contributed by atoms with Crippen molar-refractivity contribution < 1.29 is 59.4 Å². The van der Waals surface area contributed by atoms with Gasteiger partial charge in [0.2, 0.25) is 0 Å². The van der Waals surface area contributed by atoms with Gasteiger partial charge in [-0.15, -0.1) is 0 Å². The zero-order chi connectivity index (χ0) is 28.9. The van der Waals surface area contributed by atoms with Crippen LogP contribution in [0.4, 0.5) is 0 Å². The second-order valence-corrected chi connectivity index (χ2v) is 9.10. The lowest BCUT2D eigenvalue weighted by Crippen LogP contribution is -2.15. The lowest BCUT2D eigenvalue weighted by Gasteiger charge is -2.24. The van der Waals surface area contributed by atoms with Gasteiger partial charge >= 0.3 is 35.8 Å². The molecule has 0 aromatic heterocycles. The van der Waals surface area contributed by atoms with Crippen molar-refractivity contribution in [2.75, 3.05) is 0 Å². The molecule has 6 rings (SSSR count). The number of hydrogen-bond acceptors (Lipinski definition) is 6. The fourth-order valence-corrected chi connectivity index (χ4v) is 5.93. The van der Waals surface area contributed by atoms with Crippen LogP contribution in [0.25, 0.3) is 53.9 Å². The van der Waals surface area contributed by atoms with Crippen molar-refractivity contribution in [3.63, 3.8) is 0 Å². The van der Waals surface area contributed by atoms with Gasteiger partial charge in [-0.2, -0.15) is 0 Å². The molecule has 0 radical (unpaired) electrons. The highest BCUT2D eigenvalue weighted by atomic mass is 16.4. The van der Waals surface area contributed by atoms with Crippen LogP contribution in [0.15, 0.2) is 36.4 Å². The molecule has 0 spiro atoms. The Morgan fingerprint density at radius 3 is 1.38 bits per heavy atom. The van der Waals surface area contributed by atoms with E-state index in [0.717, 1.165) is 12.1 Å². The van der Waals surface area contributed by atoms with E-state index in [1.807, 2.05) is 0 Å². The molecule has 0 atom stereocenters. The number of hydrogen-bond donors (Lipinski definition) is 6. The van der Waals surface area contributed by atoms with Gasteiger partial charge in [-0.3, -0.25) is 0 Å². The molecule has 0 saturated heterocycles. The summed E-state index contributed by atoms with van der Waals surface area (Å²) in [6, 6.07) is 7.17. The molecular formula is C28H12O12. The van der Waals surface area contributed by atoms with Gasteiger partial charge in [0.25, 0.3) is 0 Å². The van der Waals surface area contributed by atoms with Gasteiger partial charge in [-0.1, -0.05) is 18.2 Å². The molecule has 12 heteroatoms. The quantitative estimate of drug-likeness (QED) is 0.127. The normalized spacial score (nSPS) is 11.7. The Morgan fingerprint density at radius 2 is 0.875 bits per heavy atom. The predicted molar refractivity (Wildman–Crippen MR) is 138 cm³/mol. The SMILES string of the molecule is O=C(O)c1cc2c(C(=O)O)c(C(=O)O)c3cc(C(=O)O)c4c(C(=O)O)cc5cccc6c(c1C(=O)O)c2c3c4c56. The number of rotatable bonds is 6. The Morgan fingerprint density at radius 1 is 0.400 bits per heavy atom. The first-order valence-electron chi connectivity index (χ1n) is 11.3. The maximum absolute atomic E-state index is 12.5. The van der Waals surface area contributed by atoms with Crippen LogP contribution < -0.4 is 0 Å². The van der Waals surface area contributed by atoms with Crippen LogP contribution in [0.3, 0.4) is 0 Å². The largest absolute Gasteiger partial charge is 0.478 e. The third-order valence-corrected chi connectivity index (χ3v) is 7.21. The zero-order valence-electron chi connectivity index (χ0n) is 19.6. The monoisotopic (exact) mass is 540 g/mol. The van der Waals surface area contributed by atoms with Crippen LogP contribution in [0.1, 0.15) is 62.1 Å². The molecular weight excluding hydrogens is 528 g/mol. The molecule has 0 aliphatic carbocycles. The van der Waals surface area contributed by atoms with Crippen molar-refractivity contribution in [2.45, 2.75) is 0 Å². The maximum atomic E-state index is 12.5. The summed E-state index contributed by atoms with van der Waals surface area (Å²) in [6.45, 7) is 0. The van der Waals surface area contributed by atoms with Crippen molar-refractivity contribution in [3.05, 3.63) is 69.8 Å². The predicted octanol–water partition coefficient (Wildman–Crippen LogP) is 4.52. The number of aromatic carboxylic acids is 6. The Kier molecular flexibility index (Phi) is 4.70. The highest BCUT2D eigenvalue weighted by Crippen LogP contribution is 2.50. The molecule has 40 heavy (non-hydrogen) atoms. The summed E-state index contributed by atoms with van der Waals surface area (Å²) in [6.07, 6.45) is 0. The lowest BCUT2D eigenvalue weighted by molar-refractivity contribution is 0.0652. The minimum atomic E-state index is -1.79. The molecule has 6 aromatic rings.